The molecule has 0 aliphatic carbocycles. The summed E-state index contributed by atoms with van der Waals surface area (Å²) in [5, 5.41) is 3.69. The standard InChI is InChI=1S/C12H12ClN3S/c1-14-12-7-15-10(6-16-12)8-17-11-4-2-3-9(13)5-11/h2-7H,8H2,1H3,(H,14,16). The van der Waals surface area contributed by atoms with Crippen molar-refractivity contribution in [1.29, 1.82) is 0 Å². The number of halogens is 1. The van der Waals surface area contributed by atoms with Crippen molar-refractivity contribution in [2.24, 2.45) is 0 Å². The molecule has 3 nitrogen and oxygen atoms in total. The second kappa shape index (κ2) is 5.89. The third-order valence-electron chi connectivity index (χ3n) is 2.14. The van der Waals surface area contributed by atoms with Crippen molar-refractivity contribution in [2.75, 3.05) is 12.4 Å². The average molecular weight is 266 g/mol. The summed E-state index contributed by atoms with van der Waals surface area (Å²) < 4.78 is 0. The van der Waals surface area contributed by atoms with E-state index in [9.17, 15) is 0 Å². The maximum atomic E-state index is 5.92. The van der Waals surface area contributed by atoms with E-state index >= 15 is 0 Å². The van der Waals surface area contributed by atoms with Crippen molar-refractivity contribution in [2.45, 2.75) is 10.6 Å². The Morgan fingerprint density at radius 3 is 2.82 bits per heavy atom. The molecule has 0 saturated heterocycles. The number of benzene rings is 1. The molecule has 0 bridgehead atoms. The molecule has 1 aromatic heterocycles. The second-order valence-electron chi connectivity index (χ2n) is 3.39. The molecule has 0 atom stereocenters. The lowest BCUT2D eigenvalue weighted by Gasteiger charge is -2.03. The highest BCUT2D eigenvalue weighted by molar-refractivity contribution is 7.98. The molecular formula is C12H12ClN3S. The molecule has 1 aromatic carbocycles. The van der Waals surface area contributed by atoms with Gasteiger partial charge in [0.2, 0.25) is 0 Å². The molecule has 1 heterocycles. The normalized spacial score (nSPS) is 10.2. The quantitative estimate of drug-likeness (QED) is 0.859. The largest absolute Gasteiger partial charge is 0.372 e. The Morgan fingerprint density at radius 2 is 2.18 bits per heavy atom. The van der Waals surface area contributed by atoms with Crippen LogP contribution >= 0.6 is 23.4 Å². The summed E-state index contributed by atoms with van der Waals surface area (Å²) in [7, 11) is 1.82. The minimum atomic E-state index is 0.756. The Kier molecular flexibility index (Phi) is 4.23. The van der Waals surface area contributed by atoms with Gasteiger partial charge in [-0.25, -0.2) is 4.98 Å². The van der Waals surface area contributed by atoms with Crippen LogP contribution in [0, 0.1) is 0 Å². The average Bonchev–Trinajstić information content (AvgIpc) is 2.37. The molecule has 2 rings (SSSR count). The van der Waals surface area contributed by atoms with Gasteiger partial charge in [0.1, 0.15) is 5.82 Å². The summed E-state index contributed by atoms with van der Waals surface area (Å²) in [5.41, 5.74) is 0.953. The topological polar surface area (TPSA) is 37.8 Å². The number of hydrogen-bond acceptors (Lipinski definition) is 4. The van der Waals surface area contributed by atoms with Crippen molar-refractivity contribution in [3.8, 4) is 0 Å². The summed E-state index contributed by atoms with van der Waals surface area (Å²) in [6, 6.07) is 7.79. The molecule has 0 radical (unpaired) electrons. The molecule has 17 heavy (non-hydrogen) atoms. The fourth-order valence-electron chi connectivity index (χ4n) is 1.27. The number of thioether (sulfide) groups is 1. The predicted molar refractivity (Wildman–Crippen MR) is 72.6 cm³/mol. The molecule has 1 N–H and O–H groups in total. The first-order chi connectivity index (χ1) is 8.28. The third kappa shape index (κ3) is 3.61. The first kappa shape index (κ1) is 12.2. The minimum absolute atomic E-state index is 0.756. The summed E-state index contributed by atoms with van der Waals surface area (Å²) in [5.74, 6) is 1.57. The van der Waals surface area contributed by atoms with E-state index in [1.807, 2.05) is 31.3 Å². The first-order valence-corrected chi connectivity index (χ1v) is 6.51. The Labute approximate surface area is 110 Å². The Bertz CT molecular complexity index is 487. The molecule has 88 valence electrons. The van der Waals surface area contributed by atoms with E-state index in [1.165, 1.54) is 0 Å². The van der Waals surface area contributed by atoms with Gasteiger partial charge in [0.25, 0.3) is 0 Å². The maximum Gasteiger partial charge on any atom is 0.144 e. The molecule has 5 heteroatoms. The lowest BCUT2D eigenvalue weighted by Crippen LogP contribution is -1.95. The van der Waals surface area contributed by atoms with Crippen LogP contribution < -0.4 is 5.32 Å². The number of rotatable bonds is 4. The minimum Gasteiger partial charge on any atom is -0.372 e. The van der Waals surface area contributed by atoms with E-state index in [2.05, 4.69) is 15.3 Å². The van der Waals surface area contributed by atoms with Crippen molar-refractivity contribution in [1.82, 2.24) is 9.97 Å². The van der Waals surface area contributed by atoms with Crippen LogP contribution in [0.1, 0.15) is 5.69 Å². The Hall–Kier alpha value is -1.26. The summed E-state index contributed by atoms with van der Waals surface area (Å²) in [6.07, 6.45) is 3.51. The molecule has 0 unspecified atom stereocenters. The van der Waals surface area contributed by atoms with Gasteiger partial charge >= 0.3 is 0 Å². The lowest BCUT2D eigenvalue weighted by atomic mass is 10.4. The van der Waals surface area contributed by atoms with Crippen molar-refractivity contribution < 1.29 is 0 Å². The fourth-order valence-corrected chi connectivity index (χ4v) is 2.38. The van der Waals surface area contributed by atoms with E-state index in [0.29, 0.717) is 0 Å². The molecule has 0 aliphatic heterocycles. The van der Waals surface area contributed by atoms with Crippen molar-refractivity contribution in [3.05, 3.63) is 47.4 Å². The van der Waals surface area contributed by atoms with E-state index in [0.717, 1.165) is 27.2 Å². The number of nitrogens with one attached hydrogen (secondary N) is 1. The number of aromatic nitrogens is 2. The Morgan fingerprint density at radius 1 is 1.29 bits per heavy atom. The molecule has 0 spiro atoms. The van der Waals surface area contributed by atoms with Crippen LogP contribution in [-0.2, 0) is 5.75 Å². The smallest absolute Gasteiger partial charge is 0.144 e. The molecule has 0 saturated carbocycles. The zero-order valence-electron chi connectivity index (χ0n) is 9.35. The van der Waals surface area contributed by atoms with Gasteiger partial charge in [-0.1, -0.05) is 17.7 Å². The summed E-state index contributed by atoms with van der Waals surface area (Å²) in [4.78, 5) is 9.66. The van der Waals surface area contributed by atoms with Crippen LogP contribution in [0.25, 0.3) is 0 Å². The van der Waals surface area contributed by atoms with Crippen LogP contribution in [0.2, 0.25) is 5.02 Å². The van der Waals surface area contributed by atoms with Crippen LogP contribution in [0.15, 0.2) is 41.6 Å². The van der Waals surface area contributed by atoms with Gasteiger partial charge in [-0.2, -0.15) is 0 Å². The van der Waals surface area contributed by atoms with Gasteiger partial charge in [0, 0.05) is 22.7 Å². The Balaban J connectivity index is 1.97. The highest BCUT2D eigenvalue weighted by Crippen LogP contribution is 2.24. The monoisotopic (exact) mass is 265 g/mol. The summed E-state index contributed by atoms with van der Waals surface area (Å²) in [6.45, 7) is 0. The molecule has 2 aromatic rings. The van der Waals surface area contributed by atoms with E-state index in [-0.39, 0.29) is 0 Å². The highest BCUT2D eigenvalue weighted by atomic mass is 35.5. The predicted octanol–water partition coefficient (Wildman–Crippen LogP) is 3.46. The zero-order valence-corrected chi connectivity index (χ0v) is 10.9. The van der Waals surface area contributed by atoms with Gasteiger partial charge < -0.3 is 5.32 Å². The van der Waals surface area contributed by atoms with Crippen molar-refractivity contribution >= 4 is 29.2 Å². The van der Waals surface area contributed by atoms with Gasteiger partial charge in [0.15, 0.2) is 0 Å². The molecule has 0 fully saturated rings. The number of anilines is 1. The van der Waals surface area contributed by atoms with Gasteiger partial charge in [-0.15, -0.1) is 11.8 Å². The molecular weight excluding hydrogens is 254 g/mol. The van der Waals surface area contributed by atoms with E-state index in [1.54, 1.807) is 24.2 Å². The second-order valence-corrected chi connectivity index (χ2v) is 4.87. The first-order valence-electron chi connectivity index (χ1n) is 5.15. The molecule has 0 amide bonds. The van der Waals surface area contributed by atoms with Crippen LogP contribution in [-0.4, -0.2) is 17.0 Å². The molecule has 0 aliphatic rings. The fraction of sp³-hybridized carbons (Fsp3) is 0.167. The number of nitrogens with zero attached hydrogens (tertiary/aromatic N) is 2. The van der Waals surface area contributed by atoms with Crippen LogP contribution in [0.3, 0.4) is 0 Å². The van der Waals surface area contributed by atoms with Crippen LogP contribution in [0.4, 0.5) is 5.82 Å². The van der Waals surface area contributed by atoms with Gasteiger partial charge in [-0.05, 0) is 18.2 Å². The summed E-state index contributed by atoms with van der Waals surface area (Å²) >= 11 is 7.61. The number of hydrogen-bond donors (Lipinski definition) is 1. The highest BCUT2D eigenvalue weighted by Gasteiger charge is 1.99. The van der Waals surface area contributed by atoms with Gasteiger partial charge in [0.05, 0.1) is 18.1 Å². The third-order valence-corrected chi connectivity index (χ3v) is 3.41. The van der Waals surface area contributed by atoms with Gasteiger partial charge in [-0.3, -0.25) is 4.98 Å². The zero-order chi connectivity index (χ0) is 12.1. The SMILES string of the molecule is CNc1cnc(CSc2cccc(Cl)c2)cn1. The van der Waals surface area contributed by atoms with Crippen LogP contribution in [0.5, 0.6) is 0 Å². The van der Waals surface area contributed by atoms with Crippen molar-refractivity contribution in [3.63, 3.8) is 0 Å². The van der Waals surface area contributed by atoms with E-state index in [4.69, 9.17) is 11.6 Å². The lowest BCUT2D eigenvalue weighted by molar-refractivity contribution is 1.10. The van der Waals surface area contributed by atoms with E-state index < -0.39 is 0 Å². The maximum absolute atomic E-state index is 5.92.